The van der Waals surface area contributed by atoms with E-state index in [0.29, 0.717) is 36.6 Å². The number of hydrogen-bond donors (Lipinski definition) is 2. The predicted octanol–water partition coefficient (Wildman–Crippen LogP) is 2.58. The summed E-state index contributed by atoms with van der Waals surface area (Å²) < 4.78 is 14.7. The average molecular weight is 575 g/mol. The van der Waals surface area contributed by atoms with E-state index >= 15 is 0 Å². The molecule has 0 aliphatic heterocycles. The zero-order chi connectivity index (χ0) is 29.2. The number of carbonyl (C=O) groups excluding carboxylic acids is 5. The molecule has 1 aliphatic carbocycles. The van der Waals surface area contributed by atoms with Gasteiger partial charge in [-0.05, 0) is 49.1 Å². The van der Waals surface area contributed by atoms with E-state index in [0.717, 1.165) is 27.1 Å². The lowest BCUT2D eigenvalue weighted by molar-refractivity contribution is -0.150. The van der Waals surface area contributed by atoms with Gasteiger partial charge in [0.15, 0.2) is 0 Å². The first-order chi connectivity index (χ1) is 19.1. The van der Waals surface area contributed by atoms with Crippen LogP contribution in [0, 0.1) is 11.8 Å². The molecule has 0 saturated heterocycles. The number of Topliss-reactive ketones (excluding diaryl/α,β-unsaturated/α-hetero) is 1. The summed E-state index contributed by atoms with van der Waals surface area (Å²) in [6.45, 7) is 3.81. The van der Waals surface area contributed by atoms with Gasteiger partial charge in [-0.1, -0.05) is 44.9 Å². The highest BCUT2D eigenvalue weighted by atomic mass is 32.2. The molecule has 13 heteroatoms. The number of aromatic nitrogens is 2. The number of nitrogens with zero attached hydrogens (tertiary/aromatic N) is 2. The van der Waals surface area contributed by atoms with Crippen molar-refractivity contribution >= 4 is 41.3 Å². The quantitative estimate of drug-likeness (QED) is 0.165. The third kappa shape index (κ3) is 8.13. The number of benzene rings is 1. The number of hydrogen-bond acceptors (Lipinski definition) is 11. The Morgan fingerprint density at radius 2 is 1.65 bits per heavy atom. The molecular weight excluding hydrogens is 540 g/mol. The Morgan fingerprint density at radius 1 is 1.00 bits per heavy atom. The van der Waals surface area contributed by atoms with Gasteiger partial charge in [0, 0.05) is 11.6 Å². The van der Waals surface area contributed by atoms with Gasteiger partial charge in [-0.3, -0.25) is 24.0 Å². The van der Waals surface area contributed by atoms with Crippen LogP contribution in [-0.4, -0.2) is 71.3 Å². The number of nitrogens with one attached hydrogen (secondary N) is 2. The third-order valence-corrected chi connectivity index (χ3v) is 7.45. The maximum absolute atomic E-state index is 13.4. The number of thioether (sulfide) groups is 1. The Balaban J connectivity index is 1.73. The second kappa shape index (κ2) is 14.6. The molecule has 216 valence electrons. The highest BCUT2D eigenvalue weighted by molar-refractivity contribution is 8.01. The van der Waals surface area contributed by atoms with E-state index in [4.69, 9.17) is 4.42 Å². The predicted molar refractivity (Wildman–Crippen MR) is 143 cm³/mol. The van der Waals surface area contributed by atoms with Crippen molar-refractivity contribution in [3.63, 3.8) is 0 Å². The molecule has 2 amide bonds. The van der Waals surface area contributed by atoms with Crippen molar-refractivity contribution < 1.29 is 37.9 Å². The average Bonchev–Trinajstić information content (AvgIpc) is 3.43. The summed E-state index contributed by atoms with van der Waals surface area (Å²) in [5.74, 6) is -3.82. The van der Waals surface area contributed by atoms with E-state index in [1.807, 2.05) is 19.9 Å². The molecule has 1 aliphatic rings. The second-order valence-corrected chi connectivity index (χ2v) is 10.9. The number of amides is 2. The van der Waals surface area contributed by atoms with Crippen LogP contribution in [0.3, 0.4) is 0 Å². The normalized spacial score (nSPS) is 17.6. The van der Waals surface area contributed by atoms with Crippen molar-refractivity contribution in [3.05, 3.63) is 41.8 Å². The summed E-state index contributed by atoms with van der Waals surface area (Å²) in [6, 6.07) is 7.44. The van der Waals surface area contributed by atoms with Crippen LogP contribution in [0.15, 0.2) is 40.0 Å². The lowest BCUT2D eigenvalue weighted by Gasteiger charge is -2.32. The van der Waals surface area contributed by atoms with E-state index in [9.17, 15) is 24.0 Å². The van der Waals surface area contributed by atoms with Gasteiger partial charge in [0.05, 0.1) is 26.2 Å². The summed E-state index contributed by atoms with van der Waals surface area (Å²) >= 11 is 0.590. The molecule has 1 aromatic carbocycles. The van der Waals surface area contributed by atoms with Crippen LogP contribution in [0.25, 0.3) is 0 Å². The van der Waals surface area contributed by atoms with Gasteiger partial charge in [-0.25, -0.2) is 0 Å². The fourth-order valence-electron chi connectivity index (χ4n) is 4.45. The van der Waals surface area contributed by atoms with E-state index in [-0.39, 0.29) is 34.9 Å². The number of carbonyl (C=O) groups is 5. The second-order valence-electron chi connectivity index (χ2n) is 9.81. The number of ketones is 1. The molecule has 2 N–H and O–H groups in total. The van der Waals surface area contributed by atoms with Crippen LogP contribution >= 0.6 is 11.8 Å². The lowest BCUT2D eigenvalue weighted by atomic mass is 9.83. The van der Waals surface area contributed by atoms with Crippen molar-refractivity contribution in [2.75, 3.05) is 14.2 Å². The van der Waals surface area contributed by atoms with E-state index in [1.165, 1.54) is 0 Å². The zero-order valence-electron chi connectivity index (χ0n) is 22.9. The minimum absolute atomic E-state index is 0.0361. The van der Waals surface area contributed by atoms with Crippen molar-refractivity contribution in [2.45, 2.75) is 68.5 Å². The number of ether oxygens (including phenoxy) is 2. The Kier molecular flexibility index (Phi) is 11.2. The van der Waals surface area contributed by atoms with Crippen LogP contribution in [0.1, 0.15) is 67.0 Å². The van der Waals surface area contributed by atoms with Crippen molar-refractivity contribution in [2.24, 2.45) is 11.8 Å². The summed E-state index contributed by atoms with van der Waals surface area (Å²) in [5.41, 5.74) is 0.506. The van der Waals surface area contributed by atoms with Crippen LogP contribution in [0.4, 0.5) is 0 Å². The van der Waals surface area contributed by atoms with Crippen LogP contribution in [0.5, 0.6) is 0 Å². The molecular formula is C27H34N4O8S. The highest BCUT2D eigenvalue weighted by Crippen LogP contribution is 2.27. The molecule has 3 rings (SSSR count). The molecule has 2 aromatic rings. The Morgan fingerprint density at radius 3 is 2.27 bits per heavy atom. The zero-order valence-corrected chi connectivity index (χ0v) is 23.7. The van der Waals surface area contributed by atoms with Gasteiger partial charge in [0.25, 0.3) is 17.0 Å². The van der Waals surface area contributed by atoms with Gasteiger partial charge in [0.1, 0.15) is 0 Å². The number of methoxy groups -OCH3 is 2. The van der Waals surface area contributed by atoms with Crippen molar-refractivity contribution in [1.82, 2.24) is 20.8 Å². The van der Waals surface area contributed by atoms with E-state index in [1.54, 1.807) is 24.3 Å². The first-order valence-electron chi connectivity index (χ1n) is 13.0. The highest BCUT2D eigenvalue weighted by Gasteiger charge is 2.37. The Bertz CT molecular complexity index is 1190. The minimum Gasteiger partial charge on any atom is -0.468 e. The molecule has 1 heterocycles. The molecule has 0 spiro atoms. The van der Waals surface area contributed by atoms with Gasteiger partial charge in [0.2, 0.25) is 16.9 Å². The summed E-state index contributed by atoms with van der Waals surface area (Å²) in [5, 5.41) is 11.7. The summed E-state index contributed by atoms with van der Waals surface area (Å²) in [6.07, 6.45) is 3.21. The molecule has 3 atom stereocenters. The summed E-state index contributed by atoms with van der Waals surface area (Å²) in [4.78, 5) is 63.5. The van der Waals surface area contributed by atoms with Gasteiger partial charge in [-0.2, -0.15) is 0 Å². The smallest absolute Gasteiger partial charge is 0.330 e. The monoisotopic (exact) mass is 574 g/mol. The van der Waals surface area contributed by atoms with Gasteiger partial charge >= 0.3 is 11.9 Å². The summed E-state index contributed by atoms with van der Waals surface area (Å²) in [7, 11) is 2.23. The molecule has 1 saturated carbocycles. The molecule has 0 radical (unpaired) electrons. The van der Waals surface area contributed by atoms with Crippen LogP contribution in [-0.2, 0) is 23.9 Å². The fraction of sp³-hybridized carbons (Fsp3) is 0.519. The molecule has 12 nitrogen and oxygen atoms in total. The van der Waals surface area contributed by atoms with Crippen molar-refractivity contribution in [3.8, 4) is 0 Å². The number of rotatable bonds is 12. The third-order valence-electron chi connectivity index (χ3n) is 6.46. The maximum atomic E-state index is 13.4. The largest absolute Gasteiger partial charge is 0.468 e. The van der Waals surface area contributed by atoms with Gasteiger partial charge in [-0.15, -0.1) is 10.2 Å². The van der Waals surface area contributed by atoms with Crippen molar-refractivity contribution in [1.29, 1.82) is 0 Å². The SMILES string of the molecule is COC(=O)C(Sc1nnc(C(=O)[C@H](CC(C)C)NC(=O)[C@@H]2CCCC[C@@H]2NC(=O)c2ccccc2)o1)C(=O)OC. The first-order valence-corrected chi connectivity index (χ1v) is 13.9. The maximum Gasteiger partial charge on any atom is 0.330 e. The number of esters is 2. The Labute approximate surface area is 236 Å². The van der Waals surface area contributed by atoms with Crippen LogP contribution < -0.4 is 10.6 Å². The molecule has 0 unspecified atom stereocenters. The molecule has 1 fully saturated rings. The lowest BCUT2D eigenvalue weighted by Crippen LogP contribution is -2.52. The Hall–Kier alpha value is -3.74. The standard InChI is InChI=1S/C27H34N4O8S/c1-15(2)14-19(20(32)24-30-31-27(39-24)40-21(25(35)37-3)26(36)38-4)29-23(34)17-12-8-9-13-18(17)28-22(33)16-10-6-5-7-11-16/h5-7,10-11,15,17-19,21H,8-9,12-14H2,1-4H3,(H,28,33)(H,29,34)/t17-,18+,19+/m1/s1. The molecule has 0 bridgehead atoms. The van der Waals surface area contributed by atoms with E-state index < -0.39 is 34.9 Å². The molecule has 1 aromatic heterocycles. The topological polar surface area (TPSA) is 167 Å². The van der Waals surface area contributed by atoms with Crippen LogP contribution in [0.2, 0.25) is 0 Å². The molecule has 40 heavy (non-hydrogen) atoms. The van der Waals surface area contributed by atoms with E-state index in [2.05, 4.69) is 30.3 Å². The minimum atomic E-state index is -1.42. The fourth-order valence-corrected chi connectivity index (χ4v) is 5.26. The van der Waals surface area contributed by atoms with Gasteiger partial charge < -0.3 is 24.5 Å². The first kappa shape index (κ1) is 30.8.